The van der Waals surface area contributed by atoms with Crippen LogP contribution in [-0.4, -0.2) is 23.5 Å². The first-order chi connectivity index (χ1) is 8.96. The summed E-state index contributed by atoms with van der Waals surface area (Å²) in [5.41, 5.74) is 3.07. The molecule has 1 N–H and O–H groups in total. The van der Waals surface area contributed by atoms with Crippen LogP contribution in [0.3, 0.4) is 0 Å². The van der Waals surface area contributed by atoms with Crippen molar-refractivity contribution >= 4 is 0 Å². The van der Waals surface area contributed by atoms with Gasteiger partial charge in [0.1, 0.15) is 0 Å². The van der Waals surface area contributed by atoms with Gasteiger partial charge in [0, 0.05) is 24.7 Å². The molecule has 0 radical (unpaired) electrons. The summed E-state index contributed by atoms with van der Waals surface area (Å²) in [6.45, 7) is 8.69. The SMILES string of the molecule is CN(Cc1ccccc1CNC(C)(C)C)C1CCC1. The molecule has 1 aliphatic rings. The van der Waals surface area contributed by atoms with Gasteiger partial charge in [-0.2, -0.15) is 0 Å². The van der Waals surface area contributed by atoms with E-state index in [0.29, 0.717) is 0 Å². The lowest BCUT2D eigenvalue weighted by Crippen LogP contribution is -2.37. The van der Waals surface area contributed by atoms with Crippen molar-refractivity contribution in [3.05, 3.63) is 35.4 Å². The third-order valence-electron chi connectivity index (χ3n) is 4.05. The molecule has 0 unspecified atom stereocenters. The van der Waals surface area contributed by atoms with Crippen LogP contribution < -0.4 is 5.32 Å². The van der Waals surface area contributed by atoms with E-state index in [1.165, 1.54) is 30.4 Å². The summed E-state index contributed by atoms with van der Waals surface area (Å²) in [7, 11) is 2.26. The van der Waals surface area contributed by atoms with E-state index < -0.39 is 0 Å². The number of hydrogen-bond acceptors (Lipinski definition) is 2. The van der Waals surface area contributed by atoms with Gasteiger partial charge in [0.2, 0.25) is 0 Å². The maximum Gasteiger partial charge on any atom is 0.0236 e. The number of benzene rings is 1. The van der Waals surface area contributed by atoms with Crippen molar-refractivity contribution in [2.75, 3.05) is 7.05 Å². The van der Waals surface area contributed by atoms with Gasteiger partial charge in [-0.1, -0.05) is 30.7 Å². The summed E-state index contributed by atoms with van der Waals surface area (Å²) < 4.78 is 0. The molecule has 2 rings (SSSR count). The normalized spacial score (nSPS) is 16.7. The molecule has 1 fully saturated rings. The highest BCUT2D eigenvalue weighted by Gasteiger charge is 2.22. The molecule has 1 aromatic carbocycles. The van der Waals surface area contributed by atoms with Gasteiger partial charge in [0.05, 0.1) is 0 Å². The fourth-order valence-corrected chi connectivity index (χ4v) is 2.47. The monoisotopic (exact) mass is 260 g/mol. The topological polar surface area (TPSA) is 15.3 Å². The highest BCUT2D eigenvalue weighted by Crippen LogP contribution is 2.25. The van der Waals surface area contributed by atoms with E-state index in [2.05, 4.69) is 62.3 Å². The minimum absolute atomic E-state index is 0.174. The number of nitrogens with one attached hydrogen (secondary N) is 1. The second kappa shape index (κ2) is 6.06. The molecule has 2 heteroatoms. The molecule has 1 aliphatic carbocycles. The lowest BCUT2D eigenvalue weighted by molar-refractivity contribution is 0.152. The van der Waals surface area contributed by atoms with Gasteiger partial charge in [-0.05, 0) is 51.8 Å². The van der Waals surface area contributed by atoms with Gasteiger partial charge in [0.15, 0.2) is 0 Å². The molecular weight excluding hydrogens is 232 g/mol. The van der Waals surface area contributed by atoms with Crippen LogP contribution in [0.25, 0.3) is 0 Å². The molecule has 0 aliphatic heterocycles. The van der Waals surface area contributed by atoms with Crippen molar-refractivity contribution in [1.82, 2.24) is 10.2 Å². The average molecular weight is 260 g/mol. The Morgan fingerprint density at radius 3 is 2.32 bits per heavy atom. The molecule has 1 saturated carbocycles. The number of nitrogens with zero attached hydrogens (tertiary/aromatic N) is 1. The standard InChI is InChI=1S/C17H28N2/c1-17(2,3)18-12-14-8-5-6-9-15(14)13-19(4)16-10-7-11-16/h5-6,8-9,16,18H,7,10-13H2,1-4H3. The van der Waals surface area contributed by atoms with E-state index in [1.807, 2.05) is 0 Å². The minimum atomic E-state index is 0.174. The van der Waals surface area contributed by atoms with Crippen LogP contribution in [0.5, 0.6) is 0 Å². The summed E-state index contributed by atoms with van der Waals surface area (Å²) in [5, 5.41) is 3.59. The zero-order chi connectivity index (χ0) is 13.9. The third-order valence-corrected chi connectivity index (χ3v) is 4.05. The summed E-state index contributed by atoms with van der Waals surface area (Å²) in [5.74, 6) is 0. The van der Waals surface area contributed by atoms with Crippen LogP contribution in [0, 0.1) is 0 Å². The van der Waals surface area contributed by atoms with Crippen LogP contribution in [0.2, 0.25) is 0 Å². The fourth-order valence-electron chi connectivity index (χ4n) is 2.47. The molecule has 0 aromatic heterocycles. The van der Waals surface area contributed by atoms with Gasteiger partial charge in [-0.25, -0.2) is 0 Å². The van der Waals surface area contributed by atoms with Gasteiger partial charge in [-0.15, -0.1) is 0 Å². The smallest absolute Gasteiger partial charge is 0.0236 e. The first kappa shape index (κ1) is 14.5. The molecule has 106 valence electrons. The molecule has 0 bridgehead atoms. The van der Waals surface area contributed by atoms with Crippen LogP contribution in [0.4, 0.5) is 0 Å². The fraction of sp³-hybridized carbons (Fsp3) is 0.647. The summed E-state index contributed by atoms with van der Waals surface area (Å²) in [4.78, 5) is 2.51. The van der Waals surface area contributed by atoms with Crippen molar-refractivity contribution in [3.63, 3.8) is 0 Å². The quantitative estimate of drug-likeness (QED) is 0.871. The molecule has 0 atom stereocenters. The van der Waals surface area contributed by atoms with E-state index in [0.717, 1.165) is 19.1 Å². The maximum atomic E-state index is 3.59. The first-order valence-electron chi connectivity index (χ1n) is 7.48. The summed E-state index contributed by atoms with van der Waals surface area (Å²) in [6, 6.07) is 9.64. The number of rotatable bonds is 5. The molecule has 19 heavy (non-hydrogen) atoms. The van der Waals surface area contributed by atoms with Crippen LogP contribution in [-0.2, 0) is 13.1 Å². The molecule has 0 heterocycles. The molecular formula is C17H28N2. The second-order valence-electron chi connectivity index (χ2n) is 6.87. The first-order valence-corrected chi connectivity index (χ1v) is 7.48. The largest absolute Gasteiger partial charge is 0.308 e. The average Bonchev–Trinajstić information content (AvgIpc) is 2.24. The Bertz CT molecular complexity index is 402. The Balaban J connectivity index is 1.99. The zero-order valence-electron chi connectivity index (χ0n) is 12.9. The molecule has 0 spiro atoms. The van der Waals surface area contributed by atoms with Gasteiger partial charge >= 0.3 is 0 Å². The van der Waals surface area contributed by atoms with Gasteiger partial charge < -0.3 is 5.32 Å². The Kier molecular flexibility index (Phi) is 4.64. The van der Waals surface area contributed by atoms with E-state index in [9.17, 15) is 0 Å². The van der Waals surface area contributed by atoms with Crippen molar-refractivity contribution in [2.24, 2.45) is 0 Å². The van der Waals surface area contributed by atoms with E-state index in [1.54, 1.807) is 0 Å². The Morgan fingerprint density at radius 1 is 1.16 bits per heavy atom. The zero-order valence-corrected chi connectivity index (χ0v) is 12.9. The molecule has 1 aromatic rings. The van der Waals surface area contributed by atoms with Crippen LogP contribution in [0.15, 0.2) is 24.3 Å². The number of hydrogen-bond donors (Lipinski definition) is 1. The van der Waals surface area contributed by atoms with E-state index in [-0.39, 0.29) is 5.54 Å². The predicted molar refractivity (Wildman–Crippen MR) is 82.1 cm³/mol. The second-order valence-corrected chi connectivity index (χ2v) is 6.87. The minimum Gasteiger partial charge on any atom is -0.308 e. The lowest BCUT2D eigenvalue weighted by Gasteiger charge is -2.35. The predicted octanol–water partition coefficient (Wildman–Crippen LogP) is 3.56. The van der Waals surface area contributed by atoms with Crippen molar-refractivity contribution in [1.29, 1.82) is 0 Å². The van der Waals surface area contributed by atoms with Crippen molar-refractivity contribution < 1.29 is 0 Å². The van der Waals surface area contributed by atoms with Gasteiger partial charge in [-0.3, -0.25) is 4.90 Å². The van der Waals surface area contributed by atoms with E-state index >= 15 is 0 Å². The Labute approximate surface area is 118 Å². The lowest BCUT2D eigenvalue weighted by atomic mass is 9.91. The van der Waals surface area contributed by atoms with Gasteiger partial charge in [0.25, 0.3) is 0 Å². The van der Waals surface area contributed by atoms with Crippen LogP contribution >= 0.6 is 0 Å². The Hall–Kier alpha value is -0.860. The molecule has 0 saturated heterocycles. The molecule has 2 nitrogen and oxygen atoms in total. The Morgan fingerprint density at radius 2 is 1.79 bits per heavy atom. The summed E-state index contributed by atoms with van der Waals surface area (Å²) in [6.07, 6.45) is 4.15. The van der Waals surface area contributed by atoms with Crippen molar-refractivity contribution in [2.45, 2.75) is 64.7 Å². The highest BCUT2D eigenvalue weighted by atomic mass is 15.1. The maximum absolute atomic E-state index is 3.59. The van der Waals surface area contributed by atoms with Crippen LogP contribution in [0.1, 0.15) is 51.2 Å². The summed E-state index contributed by atoms with van der Waals surface area (Å²) >= 11 is 0. The third kappa shape index (κ3) is 4.32. The van der Waals surface area contributed by atoms with E-state index in [4.69, 9.17) is 0 Å². The molecule has 0 amide bonds. The highest BCUT2D eigenvalue weighted by molar-refractivity contribution is 5.27. The van der Waals surface area contributed by atoms with Crippen molar-refractivity contribution in [3.8, 4) is 0 Å².